The molecule has 0 radical (unpaired) electrons. The largest absolute Gasteiger partial charge is 0.388 e. The van der Waals surface area contributed by atoms with Crippen LogP contribution in [0.1, 0.15) is 73.0 Å². The first-order chi connectivity index (χ1) is 16.6. The molecule has 0 saturated carbocycles. The zero-order valence-corrected chi connectivity index (χ0v) is 20.7. The van der Waals surface area contributed by atoms with E-state index in [-0.39, 0.29) is 18.0 Å². The zero-order chi connectivity index (χ0) is 24.2. The van der Waals surface area contributed by atoms with E-state index in [0.717, 1.165) is 23.4 Å². The highest BCUT2D eigenvalue weighted by molar-refractivity contribution is 5.76. The number of hydrogen-bond donors (Lipinski definition) is 3. The van der Waals surface area contributed by atoms with E-state index in [2.05, 4.69) is 90.5 Å². The summed E-state index contributed by atoms with van der Waals surface area (Å²) in [6.07, 6.45) is 11.1. The van der Waals surface area contributed by atoms with Crippen LogP contribution in [-0.2, 0) is 0 Å². The van der Waals surface area contributed by atoms with Crippen LogP contribution in [-0.4, -0.2) is 7.05 Å². The lowest BCUT2D eigenvalue weighted by Crippen LogP contribution is -2.24. The Labute approximate surface area is 203 Å². The number of hydrogen-bond acceptors (Lipinski definition) is 4. The van der Waals surface area contributed by atoms with E-state index in [9.17, 15) is 5.26 Å². The van der Waals surface area contributed by atoms with Gasteiger partial charge in [-0.1, -0.05) is 44.2 Å². The number of aryl methyl sites for hydroxylation is 1. The highest BCUT2D eigenvalue weighted by Crippen LogP contribution is 2.40. The Hall–Kier alpha value is -3.71. The Morgan fingerprint density at radius 2 is 1.85 bits per heavy atom. The third-order valence-electron chi connectivity index (χ3n) is 6.86. The third kappa shape index (κ3) is 4.26. The van der Waals surface area contributed by atoms with Crippen LogP contribution in [0.5, 0.6) is 0 Å². The Bertz CT molecular complexity index is 1240. The molecule has 6 rings (SSSR count). The summed E-state index contributed by atoms with van der Waals surface area (Å²) in [7, 11) is 1.97. The molecule has 4 heteroatoms. The second kappa shape index (κ2) is 10.1. The van der Waals surface area contributed by atoms with Crippen LogP contribution < -0.4 is 16.0 Å². The molecular weight excluding hydrogens is 416 g/mol. The quantitative estimate of drug-likeness (QED) is 0.448. The molecule has 2 aromatic rings. The summed E-state index contributed by atoms with van der Waals surface area (Å²) in [5.41, 5.74) is 10.5. The van der Waals surface area contributed by atoms with Crippen LogP contribution in [0.15, 0.2) is 78.2 Å². The van der Waals surface area contributed by atoms with E-state index in [4.69, 9.17) is 0 Å². The van der Waals surface area contributed by atoms with Gasteiger partial charge in [0.2, 0.25) is 0 Å². The minimum Gasteiger partial charge on any atom is -0.388 e. The molecule has 3 atom stereocenters. The molecule has 0 spiro atoms. The average Bonchev–Trinajstić information content (AvgIpc) is 2.89. The molecule has 3 N–H and O–H groups in total. The maximum atomic E-state index is 9.79. The summed E-state index contributed by atoms with van der Waals surface area (Å²) >= 11 is 0. The Morgan fingerprint density at radius 1 is 1.03 bits per heavy atom. The maximum absolute atomic E-state index is 9.79. The first-order valence-electron chi connectivity index (χ1n) is 12.2. The van der Waals surface area contributed by atoms with Gasteiger partial charge in [0.15, 0.2) is 0 Å². The highest BCUT2D eigenvalue weighted by Gasteiger charge is 2.27. The molecule has 174 valence electrons. The summed E-state index contributed by atoms with van der Waals surface area (Å²) in [6.45, 7) is 8.37. The lowest BCUT2D eigenvalue weighted by Gasteiger charge is -2.30. The molecule has 3 heterocycles. The minimum absolute atomic E-state index is 0.0704. The van der Waals surface area contributed by atoms with Gasteiger partial charge >= 0.3 is 0 Å². The van der Waals surface area contributed by atoms with Gasteiger partial charge in [-0.05, 0) is 90.2 Å². The number of rotatable bonds is 1. The Morgan fingerprint density at radius 3 is 2.59 bits per heavy atom. The fraction of sp³-hybridized carbons (Fsp3) is 0.300. The summed E-state index contributed by atoms with van der Waals surface area (Å²) < 4.78 is 0. The van der Waals surface area contributed by atoms with E-state index in [1.54, 1.807) is 0 Å². The molecule has 6 bridgehead atoms. The van der Waals surface area contributed by atoms with E-state index >= 15 is 0 Å². The monoisotopic (exact) mass is 450 g/mol. The molecule has 34 heavy (non-hydrogen) atoms. The Balaban J connectivity index is 0.00000133. The number of nitriles is 1. The first kappa shape index (κ1) is 23.4. The molecule has 0 amide bonds. The van der Waals surface area contributed by atoms with Gasteiger partial charge < -0.3 is 16.0 Å². The number of anilines is 1. The van der Waals surface area contributed by atoms with Crippen molar-refractivity contribution in [2.45, 2.75) is 52.1 Å². The van der Waals surface area contributed by atoms with Gasteiger partial charge in [-0.15, -0.1) is 0 Å². The van der Waals surface area contributed by atoms with Crippen molar-refractivity contribution in [1.82, 2.24) is 10.6 Å². The molecule has 3 aliphatic heterocycles. The standard InChI is InChI=1S/C28H28N4.C2H6/c1-17-13-20-7-10-23(17)26-15-22(9-6-21(26)16-29)32-18(2)25-14-19(8-11-27(25)30-3)24-5-4-12-31-28(20)24;1-2/h4-14,18,26,28,30-32H,15H2,1-3H3;1-2H3. The van der Waals surface area contributed by atoms with Crippen molar-refractivity contribution in [3.05, 3.63) is 106 Å². The van der Waals surface area contributed by atoms with Crippen molar-refractivity contribution >= 4 is 11.3 Å². The molecule has 1 aliphatic carbocycles. The number of nitrogens with zero attached hydrogens (tertiary/aromatic N) is 1. The average molecular weight is 451 g/mol. The lowest BCUT2D eigenvalue weighted by atomic mass is 9.80. The normalized spacial score (nSPS) is 22.1. The zero-order valence-electron chi connectivity index (χ0n) is 20.7. The molecular formula is C30H34N4. The Kier molecular flexibility index (Phi) is 6.93. The third-order valence-corrected chi connectivity index (χ3v) is 6.86. The van der Waals surface area contributed by atoms with Crippen molar-refractivity contribution in [3.8, 4) is 6.07 Å². The van der Waals surface area contributed by atoms with Gasteiger partial charge in [-0.25, -0.2) is 0 Å². The lowest BCUT2D eigenvalue weighted by molar-refractivity contribution is 0.605. The second-order valence-electron chi connectivity index (χ2n) is 8.80. The van der Waals surface area contributed by atoms with Crippen molar-refractivity contribution in [2.75, 3.05) is 12.4 Å². The van der Waals surface area contributed by atoms with Gasteiger partial charge in [0.25, 0.3) is 0 Å². The minimum atomic E-state index is 0.0704. The van der Waals surface area contributed by atoms with Gasteiger partial charge in [-0.3, -0.25) is 0 Å². The molecule has 4 aliphatic rings. The molecule has 4 nitrogen and oxygen atoms in total. The van der Waals surface area contributed by atoms with Crippen LogP contribution in [0.3, 0.4) is 0 Å². The number of nitrogens with one attached hydrogen (secondary N) is 3. The number of dihydropyridines is 1. The van der Waals surface area contributed by atoms with E-state index in [0.29, 0.717) is 0 Å². The van der Waals surface area contributed by atoms with Crippen molar-refractivity contribution < 1.29 is 0 Å². The molecule has 2 aromatic carbocycles. The molecule has 0 fully saturated rings. The summed E-state index contributed by atoms with van der Waals surface area (Å²) in [4.78, 5) is 0. The van der Waals surface area contributed by atoms with Gasteiger partial charge in [0.05, 0.1) is 18.2 Å². The van der Waals surface area contributed by atoms with Crippen molar-refractivity contribution in [2.24, 2.45) is 0 Å². The molecule has 3 unspecified atom stereocenters. The fourth-order valence-corrected chi connectivity index (χ4v) is 5.19. The van der Waals surface area contributed by atoms with Crippen molar-refractivity contribution in [1.29, 1.82) is 5.26 Å². The van der Waals surface area contributed by atoms with E-state index < -0.39 is 0 Å². The van der Waals surface area contributed by atoms with Crippen LogP contribution in [0, 0.1) is 18.3 Å². The molecule has 0 aromatic heterocycles. The summed E-state index contributed by atoms with van der Waals surface area (Å²) in [5, 5.41) is 20.4. The predicted molar refractivity (Wildman–Crippen MR) is 142 cm³/mol. The second-order valence-corrected chi connectivity index (χ2v) is 8.80. The van der Waals surface area contributed by atoms with E-state index in [1.165, 1.54) is 33.4 Å². The topological polar surface area (TPSA) is 59.9 Å². The SMILES string of the molecule is CC.CNc1ccc2cc1C(C)NC1=CC=C(C#N)C(C1)c1ccc(cc1C)C1NC=CC=C21. The number of allylic oxidation sites excluding steroid dienone is 6. The van der Waals surface area contributed by atoms with E-state index in [1.807, 2.05) is 33.2 Å². The van der Waals surface area contributed by atoms with Crippen LogP contribution >= 0.6 is 0 Å². The number of benzene rings is 2. The van der Waals surface area contributed by atoms with Crippen LogP contribution in [0.2, 0.25) is 0 Å². The number of fused-ring (bicyclic) bond motifs is 3. The maximum Gasteiger partial charge on any atom is 0.0953 e. The van der Waals surface area contributed by atoms with Gasteiger partial charge in [0.1, 0.15) is 0 Å². The fourth-order valence-electron chi connectivity index (χ4n) is 5.19. The van der Waals surface area contributed by atoms with Crippen molar-refractivity contribution in [3.63, 3.8) is 0 Å². The summed E-state index contributed by atoms with van der Waals surface area (Å²) in [6, 6.07) is 16.0. The molecule has 0 saturated heterocycles. The smallest absolute Gasteiger partial charge is 0.0953 e. The van der Waals surface area contributed by atoms with Crippen LogP contribution in [0.25, 0.3) is 5.57 Å². The summed E-state index contributed by atoms with van der Waals surface area (Å²) in [5.74, 6) is 0.0704. The highest BCUT2D eigenvalue weighted by atomic mass is 14.9. The van der Waals surface area contributed by atoms with Gasteiger partial charge in [0, 0.05) is 29.9 Å². The predicted octanol–water partition coefficient (Wildman–Crippen LogP) is 6.79. The first-order valence-corrected chi connectivity index (χ1v) is 12.2. The van der Waals surface area contributed by atoms with Gasteiger partial charge in [-0.2, -0.15) is 5.26 Å². The van der Waals surface area contributed by atoms with Crippen LogP contribution in [0.4, 0.5) is 5.69 Å².